The molecule has 0 radical (unpaired) electrons. The van der Waals surface area contributed by atoms with Crippen LogP contribution in [0.3, 0.4) is 0 Å². The zero-order valence-corrected chi connectivity index (χ0v) is 21.5. The van der Waals surface area contributed by atoms with Gasteiger partial charge in [0.25, 0.3) is 5.91 Å². The average molecular weight is 490 g/mol. The van der Waals surface area contributed by atoms with E-state index in [0.717, 1.165) is 73.1 Å². The standard InChI is InChI=1S/C28H35N5O3/c1-19-5-6-24(33-17-25(18-33)32-7-9-36-10-8-32)14-27(19)28(34)30-20(2)21-11-22(13-26(12-21)35-4)23-15-29-31(3)16-23/h5-6,11-16,20,25H,7-10,17-18H2,1-4H3,(H,30,34)/t20-/m1/s1. The number of amides is 1. The van der Waals surface area contributed by atoms with Gasteiger partial charge in [-0.2, -0.15) is 5.10 Å². The summed E-state index contributed by atoms with van der Waals surface area (Å²) in [4.78, 5) is 18.2. The van der Waals surface area contributed by atoms with Crippen molar-refractivity contribution in [1.82, 2.24) is 20.0 Å². The molecular weight excluding hydrogens is 454 g/mol. The summed E-state index contributed by atoms with van der Waals surface area (Å²) in [5, 5.41) is 7.48. The van der Waals surface area contributed by atoms with Crippen molar-refractivity contribution in [2.45, 2.75) is 25.9 Å². The third-order valence-corrected chi connectivity index (χ3v) is 7.31. The van der Waals surface area contributed by atoms with Gasteiger partial charge in [0.2, 0.25) is 0 Å². The summed E-state index contributed by atoms with van der Waals surface area (Å²) < 4.78 is 12.8. The fourth-order valence-corrected chi connectivity index (χ4v) is 4.98. The maximum absolute atomic E-state index is 13.4. The van der Waals surface area contributed by atoms with Crippen molar-refractivity contribution in [1.29, 1.82) is 0 Å². The molecule has 1 atom stereocenters. The zero-order valence-electron chi connectivity index (χ0n) is 21.5. The Labute approximate surface area is 212 Å². The van der Waals surface area contributed by atoms with Crippen LogP contribution in [0, 0.1) is 6.92 Å². The maximum Gasteiger partial charge on any atom is 0.252 e. The van der Waals surface area contributed by atoms with E-state index in [1.54, 1.807) is 11.8 Å². The summed E-state index contributed by atoms with van der Waals surface area (Å²) in [5.74, 6) is 0.677. The van der Waals surface area contributed by atoms with E-state index in [-0.39, 0.29) is 11.9 Å². The van der Waals surface area contributed by atoms with Crippen LogP contribution in [0.5, 0.6) is 5.75 Å². The number of methoxy groups -OCH3 is 1. The van der Waals surface area contributed by atoms with Crippen molar-refractivity contribution in [3.63, 3.8) is 0 Å². The molecule has 2 saturated heterocycles. The highest BCUT2D eigenvalue weighted by Crippen LogP contribution is 2.30. The number of hydrogen-bond acceptors (Lipinski definition) is 6. The number of benzene rings is 2. The summed E-state index contributed by atoms with van der Waals surface area (Å²) in [6.07, 6.45) is 3.80. The number of hydrogen-bond donors (Lipinski definition) is 1. The van der Waals surface area contributed by atoms with Gasteiger partial charge in [-0.05, 0) is 60.9 Å². The predicted molar refractivity (Wildman–Crippen MR) is 141 cm³/mol. The van der Waals surface area contributed by atoms with E-state index < -0.39 is 0 Å². The minimum Gasteiger partial charge on any atom is -0.497 e. The largest absolute Gasteiger partial charge is 0.497 e. The number of aryl methyl sites for hydroxylation is 2. The molecule has 0 spiro atoms. The van der Waals surface area contributed by atoms with Crippen LogP contribution in [0.25, 0.3) is 11.1 Å². The van der Waals surface area contributed by atoms with Crippen LogP contribution in [-0.4, -0.2) is 73.1 Å². The number of morpholine rings is 1. The number of nitrogens with zero attached hydrogens (tertiary/aromatic N) is 4. The molecule has 3 aromatic rings. The first-order chi connectivity index (χ1) is 17.4. The monoisotopic (exact) mass is 489 g/mol. The van der Waals surface area contributed by atoms with Crippen LogP contribution in [0.2, 0.25) is 0 Å². The SMILES string of the molecule is COc1cc(-c2cnn(C)c2)cc([C@@H](C)NC(=O)c2cc(N3CC(N4CCOCC4)C3)ccc2C)c1. The molecule has 5 rings (SSSR count). The molecule has 1 aromatic heterocycles. The molecule has 0 unspecified atom stereocenters. The molecule has 0 bridgehead atoms. The molecule has 2 aliphatic heterocycles. The van der Waals surface area contributed by atoms with Crippen molar-refractivity contribution < 1.29 is 14.3 Å². The van der Waals surface area contributed by atoms with E-state index in [1.165, 1.54) is 0 Å². The Morgan fingerprint density at radius 2 is 1.92 bits per heavy atom. The molecule has 1 amide bonds. The van der Waals surface area contributed by atoms with Gasteiger partial charge in [-0.15, -0.1) is 0 Å². The number of aromatic nitrogens is 2. The zero-order chi connectivity index (χ0) is 25.2. The van der Waals surface area contributed by atoms with Crippen LogP contribution in [0.15, 0.2) is 48.8 Å². The Morgan fingerprint density at radius 1 is 1.14 bits per heavy atom. The van der Waals surface area contributed by atoms with Gasteiger partial charge in [0.1, 0.15) is 5.75 Å². The lowest BCUT2D eigenvalue weighted by molar-refractivity contribution is 0.0105. The quantitative estimate of drug-likeness (QED) is 0.549. The topological polar surface area (TPSA) is 71.9 Å². The third-order valence-electron chi connectivity index (χ3n) is 7.31. The van der Waals surface area contributed by atoms with E-state index in [2.05, 4.69) is 32.3 Å². The number of ether oxygens (including phenoxy) is 2. The summed E-state index contributed by atoms with van der Waals surface area (Å²) in [5.41, 5.74) is 5.77. The molecule has 2 aromatic carbocycles. The Bertz CT molecular complexity index is 1230. The summed E-state index contributed by atoms with van der Waals surface area (Å²) in [6.45, 7) is 9.61. The highest BCUT2D eigenvalue weighted by molar-refractivity contribution is 5.97. The maximum atomic E-state index is 13.4. The van der Waals surface area contributed by atoms with Gasteiger partial charge in [-0.25, -0.2) is 0 Å². The van der Waals surface area contributed by atoms with Crippen molar-refractivity contribution >= 4 is 11.6 Å². The molecule has 3 heterocycles. The smallest absolute Gasteiger partial charge is 0.252 e. The molecule has 8 nitrogen and oxygen atoms in total. The van der Waals surface area contributed by atoms with Gasteiger partial charge in [0.15, 0.2) is 0 Å². The molecule has 1 N–H and O–H groups in total. The third kappa shape index (κ3) is 5.10. The van der Waals surface area contributed by atoms with Crippen molar-refractivity contribution in [2.24, 2.45) is 7.05 Å². The number of anilines is 1. The first-order valence-electron chi connectivity index (χ1n) is 12.6. The van der Waals surface area contributed by atoms with E-state index in [4.69, 9.17) is 9.47 Å². The minimum atomic E-state index is -0.194. The highest BCUT2D eigenvalue weighted by Gasteiger charge is 2.33. The second-order valence-corrected chi connectivity index (χ2v) is 9.80. The van der Waals surface area contributed by atoms with Crippen LogP contribution in [-0.2, 0) is 11.8 Å². The Kier molecular flexibility index (Phi) is 6.98. The molecule has 8 heteroatoms. The van der Waals surface area contributed by atoms with Crippen LogP contribution in [0.1, 0.15) is 34.5 Å². The van der Waals surface area contributed by atoms with E-state index in [1.807, 2.05) is 57.6 Å². The van der Waals surface area contributed by atoms with Crippen LogP contribution >= 0.6 is 0 Å². The van der Waals surface area contributed by atoms with Gasteiger partial charge in [0, 0.05) is 62.3 Å². The molecule has 0 aliphatic carbocycles. The minimum absolute atomic E-state index is 0.0714. The highest BCUT2D eigenvalue weighted by atomic mass is 16.5. The Balaban J connectivity index is 1.29. The lowest BCUT2D eigenvalue weighted by Crippen LogP contribution is -2.61. The van der Waals surface area contributed by atoms with Gasteiger partial charge >= 0.3 is 0 Å². The number of nitrogens with one attached hydrogen (secondary N) is 1. The molecular formula is C28H35N5O3. The molecule has 2 fully saturated rings. The lowest BCUT2D eigenvalue weighted by Gasteiger charge is -2.47. The normalized spacial score (nSPS) is 17.5. The van der Waals surface area contributed by atoms with Crippen LogP contribution < -0.4 is 15.0 Å². The van der Waals surface area contributed by atoms with Gasteiger partial charge in [-0.1, -0.05) is 6.07 Å². The van der Waals surface area contributed by atoms with E-state index in [0.29, 0.717) is 11.6 Å². The van der Waals surface area contributed by atoms with Gasteiger partial charge in [0.05, 0.1) is 32.6 Å². The first kappa shape index (κ1) is 24.3. The van der Waals surface area contributed by atoms with Crippen LogP contribution in [0.4, 0.5) is 5.69 Å². The molecule has 0 saturated carbocycles. The second-order valence-electron chi connectivity index (χ2n) is 9.80. The van der Waals surface area contributed by atoms with E-state index in [9.17, 15) is 4.79 Å². The van der Waals surface area contributed by atoms with Crippen molar-refractivity contribution in [3.8, 4) is 16.9 Å². The lowest BCUT2D eigenvalue weighted by atomic mass is 9.99. The Hall–Kier alpha value is -3.36. The number of rotatable bonds is 7. The fraction of sp³-hybridized carbons (Fsp3) is 0.429. The van der Waals surface area contributed by atoms with Crippen molar-refractivity contribution in [2.75, 3.05) is 51.4 Å². The summed E-state index contributed by atoms with van der Waals surface area (Å²) >= 11 is 0. The summed E-state index contributed by atoms with van der Waals surface area (Å²) in [7, 11) is 3.55. The molecule has 190 valence electrons. The first-order valence-corrected chi connectivity index (χ1v) is 12.6. The van der Waals surface area contributed by atoms with E-state index >= 15 is 0 Å². The average Bonchev–Trinajstić information content (AvgIpc) is 3.30. The predicted octanol–water partition coefficient (Wildman–Crippen LogP) is 3.42. The number of carbonyl (C=O) groups excluding carboxylic acids is 1. The molecule has 2 aliphatic rings. The van der Waals surface area contributed by atoms with Gasteiger partial charge < -0.3 is 19.7 Å². The summed E-state index contributed by atoms with van der Waals surface area (Å²) in [6, 6.07) is 12.6. The molecule has 36 heavy (non-hydrogen) atoms. The van der Waals surface area contributed by atoms with Crippen molar-refractivity contribution in [3.05, 3.63) is 65.5 Å². The number of carbonyl (C=O) groups is 1. The Morgan fingerprint density at radius 3 is 2.61 bits per heavy atom. The second kappa shape index (κ2) is 10.3. The van der Waals surface area contributed by atoms with Gasteiger partial charge in [-0.3, -0.25) is 14.4 Å². The fourth-order valence-electron chi connectivity index (χ4n) is 4.98.